The van der Waals surface area contributed by atoms with E-state index in [1.165, 1.54) is 12.4 Å². The van der Waals surface area contributed by atoms with Gasteiger partial charge in [-0.05, 0) is 42.3 Å². The van der Waals surface area contributed by atoms with Crippen LogP contribution < -0.4 is 15.4 Å². The smallest absolute Gasteiger partial charge is 0.270 e. The summed E-state index contributed by atoms with van der Waals surface area (Å²) in [5.41, 5.74) is 2.44. The van der Waals surface area contributed by atoms with Gasteiger partial charge in [0.2, 0.25) is 0 Å². The molecular weight excluding hydrogens is 394 g/mol. The third-order valence-electron chi connectivity index (χ3n) is 4.61. The second-order valence-electron chi connectivity index (χ2n) is 6.75. The number of aromatic nitrogens is 2. The monoisotopic (exact) mass is 415 g/mol. The van der Waals surface area contributed by atoms with Crippen molar-refractivity contribution in [3.8, 4) is 11.8 Å². The molecule has 156 valence electrons. The lowest BCUT2D eigenvalue weighted by Crippen LogP contribution is -2.29. The van der Waals surface area contributed by atoms with Crippen LogP contribution in [0.3, 0.4) is 0 Å². The molecule has 31 heavy (non-hydrogen) atoms. The lowest BCUT2D eigenvalue weighted by molar-refractivity contribution is 0.0934. The molecule has 0 aliphatic rings. The van der Waals surface area contributed by atoms with Gasteiger partial charge in [0.15, 0.2) is 0 Å². The van der Waals surface area contributed by atoms with E-state index < -0.39 is 11.8 Å². The third-order valence-corrected chi connectivity index (χ3v) is 4.61. The maximum atomic E-state index is 12.6. The molecular formula is C23H21N5O3. The van der Waals surface area contributed by atoms with E-state index in [1.54, 1.807) is 31.4 Å². The number of amides is 2. The summed E-state index contributed by atoms with van der Waals surface area (Å²) in [6.07, 6.45) is 1.18. The molecule has 0 spiro atoms. The van der Waals surface area contributed by atoms with E-state index in [0.29, 0.717) is 11.3 Å². The van der Waals surface area contributed by atoms with Crippen LogP contribution in [0.5, 0.6) is 5.75 Å². The zero-order chi connectivity index (χ0) is 22.2. The Bertz CT molecular complexity index is 1120. The van der Waals surface area contributed by atoms with Gasteiger partial charge >= 0.3 is 0 Å². The summed E-state index contributed by atoms with van der Waals surface area (Å²) >= 11 is 0. The molecule has 2 N–H and O–H groups in total. The number of ether oxygens (including phenoxy) is 1. The number of nitrogens with one attached hydrogen (secondary N) is 2. The van der Waals surface area contributed by atoms with Gasteiger partial charge in [-0.25, -0.2) is 9.97 Å². The fourth-order valence-corrected chi connectivity index (χ4v) is 2.86. The highest BCUT2D eigenvalue weighted by Gasteiger charge is 2.16. The predicted octanol–water partition coefficient (Wildman–Crippen LogP) is 2.78. The number of hydrogen-bond donors (Lipinski definition) is 2. The van der Waals surface area contributed by atoms with Crippen LogP contribution >= 0.6 is 0 Å². The number of carbonyl (C=O) groups excluding carboxylic acids is 2. The Morgan fingerprint density at radius 1 is 1.06 bits per heavy atom. The number of carbonyl (C=O) groups is 2. The van der Waals surface area contributed by atoms with E-state index in [1.807, 2.05) is 31.2 Å². The summed E-state index contributed by atoms with van der Waals surface area (Å²) in [6.45, 7) is 2.11. The minimum Gasteiger partial charge on any atom is -0.497 e. The van der Waals surface area contributed by atoms with Crippen LogP contribution in [-0.4, -0.2) is 28.9 Å². The standard InChI is InChI=1S/C23H21N5O3/c1-15(18-8-6-16(12-24)7-9-18)28-23(30)21-11-20(26-14-27-21)22(29)25-13-17-4-3-5-19(10-17)31-2/h3-11,14-15H,13H2,1-2H3,(H,25,29)(H,28,30)/t15-/m0/s1. The largest absolute Gasteiger partial charge is 0.497 e. The molecule has 0 saturated carbocycles. The van der Waals surface area contributed by atoms with Gasteiger partial charge in [-0.3, -0.25) is 9.59 Å². The first kappa shape index (κ1) is 21.5. The zero-order valence-corrected chi connectivity index (χ0v) is 17.1. The van der Waals surface area contributed by atoms with Crippen molar-refractivity contribution in [2.75, 3.05) is 7.11 Å². The Hall–Kier alpha value is -4.25. The molecule has 0 fully saturated rings. The lowest BCUT2D eigenvalue weighted by Gasteiger charge is -2.14. The average molecular weight is 415 g/mol. The average Bonchev–Trinajstić information content (AvgIpc) is 2.82. The van der Waals surface area contributed by atoms with Crippen LogP contribution in [0, 0.1) is 11.3 Å². The SMILES string of the molecule is COc1cccc(CNC(=O)c2cc(C(=O)N[C@@H](C)c3ccc(C#N)cc3)ncn2)c1. The number of rotatable bonds is 7. The first-order valence-corrected chi connectivity index (χ1v) is 9.54. The van der Waals surface area contributed by atoms with Crippen LogP contribution in [0.15, 0.2) is 60.9 Å². The number of nitrogens with zero attached hydrogens (tertiary/aromatic N) is 3. The van der Waals surface area contributed by atoms with Crippen molar-refractivity contribution in [3.63, 3.8) is 0 Å². The molecule has 0 saturated heterocycles. The van der Waals surface area contributed by atoms with E-state index in [0.717, 1.165) is 11.1 Å². The molecule has 0 bridgehead atoms. The number of hydrogen-bond acceptors (Lipinski definition) is 6. The maximum Gasteiger partial charge on any atom is 0.270 e. The normalized spacial score (nSPS) is 11.1. The van der Waals surface area contributed by atoms with Gasteiger partial charge in [-0.15, -0.1) is 0 Å². The highest BCUT2D eigenvalue weighted by atomic mass is 16.5. The van der Waals surface area contributed by atoms with Crippen LogP contribution in [0.4, 0.5) is 0 Å². The van der Waals surface area contributed by atoms with Gasteiger partial charge in [0, 0.05) is 12.6 Å². The molecule has 1 heterocycles. The number of nitriles is 1. The summed E-state index contributed by atoms with van der Waals surface area (Å²) in [7, 11) is 1.58. The Balaban J connectivity index is 1.63. The summed E-state index contributed by atoms with van der Waals surface area (Å²) in [4.78, 5) is 33.0. The summed E-state index contributed by atoms with van der Waals surface area (Å²) in [6, 6.07) is 17.4. The number of methoxy groups -OCH3 is 1. The lowest BCUT2D eigenvalue weighted by atomic mass is 10.1. The Morgan fingerprint density at radius 3 is 2.45 bits per heavy atom. The van der Waals surface area contributed by atoms with E-state index in [9.17, 15) is 9.59 Å². The van der Waals surface area contributed by atoms with Gasteiger partial charge < -0.3 is 15.4 Å². The predicted molar refractivity (Wildman–Crippen MR) is 113 cm³/mol. The molecule has 8 heteroatoms. The van der Waals surface area contributed by atoms with Crippen molar-refractivity contribution in [3.05, 3.63) is 89.0 Å². The molecule has 0 unspecified atom stereocenters. The minimum absolute atomic E-state index is 0.0852. The highest BCUT2D eigenvalue weighted by molar-refractivity contribution is 5.97. The van der Waals surface area contributed by atoms with Gasteiger partial charge in [0.05, 0.1) is 24.8 Å². The van der Waals surface area contributed by atoms with Crippen molar-refractivity contribution in [1.82, 2.24) is 20.6 Å². The van der Waals surface area contributed by atoms with Crippen LogP contribution in [0.25, 0.3) is 0 Å². The zero-order valence-electron chi connectivity index (χ0n) is 17.1. The molecule has 1 atom stereocenters. The Labute approximate surface area is 179 Å². The second-order valence-corrected chi connectivity index (χ2v) is 6.75. The van der Waals surface area contributed by atoms with Crippen molar-refractivity contribution in [2.45, 2.75) is 19.5 Å². The fraction of sp³-hybridized carbons (Fsp3) is 0.174. The van der Waals surface area contributed by atoms with Crippen molar-refractivity contribution in [1.29, 1.82) is 5.26 Å². The van der Waals surface area contributed by atoms with Gasteiger partial charge in [0.25, 0.3) is 11.8 Å². The van der Waals surface area contributed by atoms with Crippen molar-refractivity contribution in [2.24, 2.45) is 0 Å². The highest BCUT2D eigenvalue weighted by Crippen LogP contribution is 2.14. The van der Waals surface area contributed by atoms with E-state index in [-0.39, 0.29) is 24.0 Å². The Morgan fingerprint density at radius 2 is 1.77 bits per heavy atom. The molecule has 8 nitrogen and oxygen atoms in total. The van der Waals surface area contributed by atoms with Gasteiger partial charge in [-0.1, -0.05) is 24.3 Å². The first-order valence-electron chi connectivity index (χ1n) is 9.54. The summed E-state index contributed by atoms with van der Waals surface area (Å²) in [5, 5.41) is 14.5. The Kier molecular flexibility index (Phi) is 6.91. The molecule has 2 aromatic carbocycles. The molecule has 3 aromatic rings. The summed E-state index contributed by atoms with van der Waals surface area (Å²) < 4.78 is 5.17. The second kappa shape index (κ2) is 9.98. The molecule has 0 aliphatic carbocycles. The van der Waals surface area contributed by atoms with Crippen LogP contribution in [0.2, 0.25) is 0 Å². The maximum absolute atomic E-state index is 12.6. The molecule has 3 rings (SSSR count). The fourth-order valence-electron chi connectivity index (χ4n) is 2.86. The van der Waals surface area contributed by atoms with E-state index in [4.69, 9.17) is 10.00 Å². The topological polar surface area (TPSA) is 117 Å². The summed E-state index contributed by atoms with van der Waals surface area (Å²) in [5.74, 6) is -0.148. The molecule has 0 aliphatic heterocycles. The van der Waals surface area contributed by atoms with E-state index >= 15 is 0 Å². The molecule has 1 aromatic heterocycles. The third kappa shape index (κ3) is 5.64. The van der Waals surface area contributed by atoms with Crippen molar-refractivity contribution >= 4 is 11.8 Å². The van der Waals surface area contributed by atoms with Crippen LogP contribution in [-0.2, 0) is 6.54 Å². The van der Waals surface area contributed by atoms with Crippen LogP contribution in [0.1, 0.15) is 50.6 Å². The van der Waals surface area contributed by atoms with E-state index in [2.05, 4.69) is 26.7 Å². The number of benzene rings is 2. The molecule has 2 amide bonds. The quantitative estimate of drug-likeness (QED) is 0.613. The van der Waals surface area contributed by atoms with Gasteiger partial charge in [-0.2, -0.15) is 5.26 Å². The van der Waals surface area contributed by atoms with Gasteiger partial charge in [0.1, 0.15) is 23.5 Å². The molecule has 0 radical (unpaired) electrons. The first-order chi connectivity index (χ1) is 15.0. The minimum atomic E-state index is -0.430. The van der Waals surface area contributed by atoms with Crippen molar-refractivity contribution < 1.29 is 14.3 Å².